The molecule has 0 aromatic heterocycles. The maximum atomic E-state index is 10.4. The number of hydrogen-bond acceptors (Lipinski definition) is 3. The third kappa shape index (κ3) is 3.85. The van der Waals surface area contributed by atoms with E-state index in [9.17, 15) is 4.79 Å². The lowest BCUT2D eigenvalue weighted by atomic mass is 9.77. The lowest BCUT2D eigenvalue weighted by molar-refractivity contribution is -0.137. The first kappa shape index (κ1) is 15.1. The molecular formula is C16H24O4. The highest BCUT2D eigenvalue weighted by atomic mass is 16.5. The van der Waals surface area contributed by atoms with Crippen LogP contribution in [-0.4, -0.2) is 30.4 Å². The second-order valence-electron chi connectivity index (χ2n) is 5.59. The van der Waals surface area contributed by atoms with E-state index in [1.165, 1.54) is 6.42 Å². The Balaban J connectivity index is 1.77. The van der Waals surface area contributed by atoms with Gasteiger partial charge in [0.05, 0.1) is 25.6 Å². The Kier molecular flexibility index (Phi) is 5.65. The van der Waals surface area contributed by atoms with Gasteiger partial charge in [0.1, 0.15) is 0 Å². The van der Waals surface area contributed by atoms with Crippen molar-refractivity contribution in [3.8, 4) is 0 Å². The first-order chi connectivity index (χ1) is 9.72. The van der Waals surface area contributed by atoms with E-state index >= 15 is 0 Å². The van der Waals surface area contributed by atoms with E-state index < -0.39 is 5.97 Å². The molecular weight excluding hydrogens is 256 g/mol. The number of carbonyl (C=O) groups is 1. The van der Waals surface area contributed by atoms with E-state index in [4.69, 9.17) is 14.6 Å². The molecule has 0 aromatic carbocycles. The van der Waals surface area contributed by atoms with Gasteiger partial charge in [-0.2, -0.15) is 0 Å². The molecule has 2 heterocycles. The van der Waals surface area contributed by atoms with Gasteiger partial charge >= 0.3 is 5.97 Å². The number of unbranched alkanes of at least 4 members (excludes halogenated alkanes) is 1. The van der Waals surface area contributed by atoms with E-state index in [1.807, 2.05) is 0 Å². The first-order valence-electron chi connectivity index (χ1n) is 7.44. The van der Waals surface area contributed by atoms with Crippen molar-refractivity contribution in [1.82, 2.24) is 0 Å². The average Bonchev–Trinajstić information content (AvgIpc) is 3.01. The Morgan fingerprint density at radius 1 is 1.35 bits per heavy atom. The Morgan fingerprint density at radius 2 is 2.15 bits per heavy atom. The van der Waals surface area contributed by atoms with Gasteiger partial charge in [-0.15, -0.1) is 0 Å². The van der Waals surface area contributed by atoms with Crippen LogP contribution in [0.4, 0.5) is 0 Å². The topological polar surface area (TPSA) is 55.8 Å². The summed E-state index contributed by atoms with van der Waals surface area (Å²) in [5.41, 5.74) is 0. The molecule has 112 valence electrons. The van der Waals surface area contributed by atoms with Gasteiger partial charge in [-0.3, -0.25) is 4.79 Å². The van der Waals surface area contributed by atoms with Crippen LogP contribution in [0.5, 0.6) is 0 Å². The summed E-state index contributed by atoms with van der Waals surface area (Å²) < 4.78 is 11.0. The SMILES string of the molecule is COC=C[C@@H]1[C@H](CC=CCCCC(=O)O)[C@@H]2CC[C@H]1O2. The van der Waals surface area contributed by atoms with Crippen molar-refractivity contribution in [3.05, 3.63) is 24.5 Å². The van der Waals surface area contributed by atoms with Crippen LogP contribution in [-0.2, 0) is 14.3 Å². The van der Waals surface area contributed by atoms with Gasteiger partial charge in [0.15, 0.2) is 0 Å². The van der Waals surface area contributed by atoms with E-state index in [0.717, 1.165) is 19.3 Å². The molecule has 2 saturated heterocycles. The minimum absolute atomic E-state index is 0.251. The minimum atomic E-state index is -0.718. The summed E-state index contributed by atoms with van der Waals surface area (Å²) in [6, 6.07) is 0. The van der Waals surface area contributed by atoms with Crippen LogP contribution in [0.3, 0.4) is 0 Å². The van der Waals surface area contributed by atoms with Gasteiger partial charge in [0.2, 0.25) is 0 Å². The molecule has 0 radical (unpaired) electrons. The summed E-state index contributed by atoms with van der Waals surface area (Å²) in [6.07, 6.45) is 14.1. The number of hydrogen-bond donors (Lipinski definition) is 1. The molecule has 2 bridgehead atoms. The molecule has 2 fully saturated rings. The molecule has 1 N–H and O–H groups in total. The van der Waals surface area contributed by atoms with Gasteiger partial charge in [0.25, 0.3) is 0 Å². The Bertz CT molecular complexity index is 375. The molecule has 0 saturated carbocycles. The van der Waals surface area contributed by atoms with Crippen LogP contribution < -0.4 is 0 Å². The van der Waals surface area contributed by atoms with Crippen molar-refractivity contribution in [2.24, 2.45) is 11.8 Å². The molecule has 20 heavy (non-hydrogen) atoms. The largest absolute Gasteiger partial charge is 0.505 e. The van der Waals surface area contributed by atoms with Gasteiger partial charge in [-0.25, -0.2) is 0 Å². The zero-order valence-corrected chi connectivity index (χ0v) is 12.0. The number of methoxy groups -OCH3 is 1. The molecule has 0 aliphatic carbocycles. The number of allylic oxidation sites excluding steroid dienone is 2. The quantitative estimate of drug-likeness (QED) is 0.421. The fourth-order valence-electron chi connectivity index (χ4n) is 3.30. The Morgan fingerprint density at radius 3 is 2.90 bits per heavy atom. The highest BCUT2D eigenvalue weighted by molar-refractivity contribution is 5.66. The Hall–Kier alpha value is -1.29. The zero-order chi connectivity index (χ0) is 14.4. The smallest absolute Gasteiger partial charge is 0.303 e. The second kappa shape index (κ2) is 7.48. The van der Waals surface area contributed by atoms with Crippen LogP contribution in [0.15, 0.2) is 24.5 Å². The van der Waals surface area contributed by atoms with Crippen molar-refractivity contribution in [3.63, 3.8) is 0 Å². The van der Waals surface area contributed by atoms with Gasteiger partial charge in [-0.05, 0) is 44.1 Å². The number of aliphatic carboxylic acids is 1. The predicted molar refractivity (Wildman–Crippen MR) is 76.3 cm³/mol. The van der Waals surface area contributed by atoms with E-state index in [1.54, 1.807) is 13.4 Å². The van der Waals surface area contributed by atoms with Crippen LogP contribution in [0.1, 0.15) is 38.5 Å². The standard InChI is InChI=1S/C16H24O4/c1-19-11-10-13-12(14-8-9-15(13)20-14)6-4-2-3-5-7-16(17)18/h2,4,10-15H,3,5-9H2,1H3,(H,17,18)/t12-,13+,14-,15+/m0/s1. The molecule has 0 spiro atoms. The summed E-state index contributed by atoms with van der Waals surface area (Å²) in [5, 5.41) is 8.57. The molecule has 4 atom stereocenters. The van der Waals surface area contributed by atoms with Crippen molar-refractivity contribution >= 4 is 5.97 Å². The van der Waals surface area contributed by atoms with Crippen molar-refractivity contribution in [1.29, 1.82) is 0 Å². The highest BCUT2D eigenvalue weighted by Gasteiger charge is 2.46. The summed E-state index contributed by atoms with van der Waals surface area (Å²) >= 11 is 0. The number of rotatable bonds is 8. The van der Waals surface area contributed by atoms with Crippen LogP contribution >= 0.6 is 0 Å². The van der Waals surface area contributed by atoms with Crippen LogP contribution in [0.25, 0.3) is 0 Å². The fraction of sp³-hybridized carbons (Fsp3) is 0.688. The maximum absolute atomic E-state index is 10.4. The predicted octanol–water partition coefficient (Wildman–Crippen LogP) is 3.14. The van der Waals surface area contributed by atoms with Gasteiger partial charge < -0.3 is 14.6 Å². The van der Waals surface area contributed by atoms with Crippen molar-refractivity contribution in [2.45, 2.75) is 50.7 Å². The van der Waals surface area contributed by atoms with Gasteiger partial charge in [0, 0.05) is 12.3 Å². The summed E-state index contributed by atoms with van der Waals surface area (Å²) in [6.45, 7) is 0. The van der Waals surface area contributed by atoms with Crippen LogP contribution in [0, 0.1) is 11.8 Å². The zero-order valence-electron chi connectivity index (χ0n) is 12.0. The normalized spacial score (nSPS) is 32.5. The lowest BCUT2D eigenvalue weighted by Gasteiger charge is -2.24. The lowest BCUT2D eigenvalue weighted by Crippen LogP contribution is -2.25. The second-order valence-corrected chi connectivity index (χ2v) is 5.59. The van der Waals surface area contributed by atoms with E-state index in [0.29, 0.717) is 30.5 Å². The number of carboxylic acid groups (broad SMARTS) is 1. The molecule has 0 amide bonds. The molecule has 2 aliphatic heterocycles. The average molecular weight is 280 g/mol. The third-order valence-electron chi connectivity index (χ3n) is 4.26. The van der Waals surface area contributed by atoms with Crippen LogP contribution in [0.2, 0.25) is 0 Å². The van der Waals surface area contributed by atoms with Gasteiger partial charge in [-0.1, -0.05) is 12.2 Å². The minimum Gasteiger partial charge on any atom is -0.505 e. The molecule has 4 nitrogen and oxygen atoms in total. The summed E-state index contributed by atoms with van der Waals surface area (Å²) in [5.74, 6) is 0.276. The Labute approximate surface area is 120 Å². The number of ether oxygens (including phenoxy) is 2. The van der Waals surface area contributed by atoms with E-state index in [-0.39, 0.29) is 6.42 Å². The molecule has 2 rings (SSSR count). The highest BCUT2D eigenvalue weighted by Crippen LogP contribution is 2.45. The number of fused-ring (bicyclic) bond motifs is 2. The van der Waals surface area contributed by atoms with E-state index in [2.05, 4.69) is 18.2 Å². The number of carboxylic acids is 1. The van der Waals surface area contributed by atoms with Crippen molar-refractivity contribution in [2.75, 3.05) is 7.11 Å². The summed E-state index contributed by atoms with van der Waals surface area (Å²) in [4.78, 5) is 10.4. The third-order valence-corrected chi connectivity index (χ3v) is 4.26. The first-order valence-corrected chi connectivity index (χ1v) is 7.44. The molecule has 0 aromatic rings. The molecule has 2 aliphatic rings. The molecule has 0 unspecified atom stereocenters. The maximum Gasteiger partial charge on any atom is 0.303 e. The monoisotopic (exact) mass is 280 g/mol. The summed E-state index contributed by atoms with van der Waals surface area (Å²) in [7, 11) is 1.67. The fourth-order valence-corrected chi connectivity index (χ4v) is 3.30. The van der Waals surface area contributed by atoms with Crippen molar-refractivity contribution < 1.29 is 19.4 Å². The molecule has 4 heteroatoms.